The Morgan fingerprint density at radius 3 is 2.65 bits per heavy atom. The summed E-state index contributed by atoms with van der Waals surface area (Å²) in [4.78, 5) is 0. The number of rotatable bonds is 4. The van der Waals surface area contributed by atoms with Crippen molar-refractivity contribution in [2.45, 2.75) is 19.4 Å². The lowest BCUT2D eigenvalue weighted by Gasteiger charge is -2.15. The first kappa shape index (κ1) is 15.0. The fourth-order valence-corrected chi connectivity index (χ4v) is 2.60. The van der Waals surface area contributed by atoms with E-state index < -0.39 is 0 Å². The lowest BCUT2D eigenvalue weighted by atomic mass is 9.98. The maximum atomic E-state index is 13.3. The fourth-order valence-electron chi connectivity index (χ4n) is 2.19. The van der Waals surface area contributed by atoms with Gasteiger partial charge >= 0.3 is 0 Å². The molecule has 1 unspecified atom stereocenters. The van der Waals surface area contributed by atoms with Gasteiger partial charge in [-0.2, -0.15) is 0 Å². The SMILES string of the molecule is COc1ccc(C(N)Cc2cc(F)ccc2Br)cc1C. The minimum atomic E-state index is -0.249. The second kappa shape index (κ2) is 6.37. The smallest absolute Gasteiger partial charge is 0.123 e. The summed E-state index contributed by atoms with van der Waals surface area (Å²) in [6.07, 6.45) is 0.574. The zero-order valence-electron chi connectivity index (χ0n) is 11.5. The van der Waals surface area contributed by atoms with Crippen LogP contribution in [-0.2, 0) is 6.42 Å². The highest BCUT2D eigenvalue weighted by Gasteiger charge is 2.11. The quantitative estimate of drug-likeness (QED) is 0.909. The highest BCUT2D eigenvalue weighted by molar-refractivity contribution is 9.10. The van der Waals surface area contributed by atoms with E-state index in [0.29, 0.717) is 6.42 Å². The molecule has 2 aromatic carbocycles. The van der Waals surface area contributed by atoms with Crippen molar-refractivity contribution in [3.8, 4) is 5.75 Å². The van der Waals surface area contributed by atoms with E-state index in [2.05, 4.69) is 15.9 Å². The van der Waals surface area contributed by atoms with Gasteiger partial charge in [-0.1, -0.05) is 28.1 Å². The molecule has 0 bridgehead atoms. The van der Waals surface area contributed by atoms with Crippen LogP contribution in [0.2, 0.25) is 0 Å². The molecule has 0 aromatic heterocycles. The van der Waals surface area contributed by atoms with Gasteiger partial charge in [-0.05, 0) is 54.3 Å². The Labute approximate surface area is 126 Å². The maximum Gasteiger partial charge on any atom is 0.123 e. The van der Waals surface area contributed by atoms with E-state index in [9.17, 15) is 4.39 Å². The first-order valence-corrected chi connectivity index (χ1v) is 7.14. The van der Waals surface area contributed by atoms with Crippen LogP contribution < -0.4 is 10.5 Å². The van der Waals surface area contributed by atoms with Gasteiger partial charge in [-0.25, -0.2) is 4.39 Å². The van der Waals surface area contributed by atoms with Crippen LogP contribution >= 0.6 is 15.9 Å². The summed E-state index contributed by atoms with van der Waals surface area (Å²) in [6.45, 7) is 1.98. The Morgan fingerprint density at radius 2 is 2.00 bits per heavy atom. The van der Waals surface area contributed by atoms with Crippen molar-refractivity contribution in [3.63, 3.8) is 0 Å². The van der Waals surface area contributed by atoms with Crippen molar-refractivity contribution >= 4 is 15.9 Å². The van der Waals surface area contributed by atoms with E-state index in [-0.39, 0.29) is 11.9 Å². The first-order chi connectivity index (χ1) is 9.51. The number of hydrogen-bond acceptors (Lipinski definition) is 2. The summed E-state index contributed by atoms with van der Waals surface area (Å²) in [7, 11) is 1.64. The van der Waals surface area contributed by atoms with Gasteiger partial charge in [-0.15, -0.1) is 0 Å². The number of benzene rings is 2. The standard InChI is InChI=1S/C16H17BrFNO/c1-10-7-11(3-6-16(10)20-2)15(19)9-12-8-13(18)4-5-14(12)17/h3-8,15H,9,19H2,1-2H3. The molecule has 2 nitrogen and oxygen atoms in total. The minimum Gasteiger partial charge on any atom is -0.496 e. The Balaban J connectivity index is 2.21. The zero-order valence-corrected chi connectivity index (χ0v) is 13.1. The molecule has 20 heavy (non-hydrogen) atoms. The Bertz CT molecular complexity index is 615. The molecule has 0 fully saturated rings. The number of aryl methyl sites for hydroxylation is 1. The molecule has 0 saturated heterocycles. The molecule has 2 N–H and O–H groups in total. The molecule has 2 aromatic rings. The van der Waals surface area contributed by atoms with Crippen LogP contribution in [0.1, 0.15) is 22.7 Å². The Hall–Kier alpha value is -1.39. The van der Waals surface area contributed by atoms with Gasteiger partial charge in [0.1, 0.15) is 11.6 Å². The van der Waals surface area contributed by atoms with Crippen LogP contribution in [0.3, 0.4) is 0 Å². The molecule has 0 radical (unpaired) electrons. The third kappa shape index (κ3) is 3.38. The van der Waals surface area contributed by atoms with Crippen molar-refractivity contribution in [1.29, 1.82) is 0 Å². The molecule has 0 aliphatic rings. The molecule has 0 saturated carbocycles. The largest absolute Gasteiger partial charge is 0.496 e. The summed E-state index contributed by atoms with van der Waals surface area (Å²) in [5, 5.41) is 0. The summed E-state index contributed by atoms with van der Waals surface area (Å²) in [5.74, 6) is 0.592. The third-order valence-corrected chi connectivity index (χ3v) is 4.07. The summed E-state index contributed by atoms with van der Waals surface area (Å²) >= 11 is 3.43. The topological polar surface area (TPSA) is 35.2 Å². The van der Waals surface area contributed by atoms with Crippen LogP contribution in [0.15, 0.2) is 40.9 Å². The van der Waals surface area contributed by atoms with Crippen molar-refractivity contribution in [1.82, 2.24) is 0 Å². The van der Waals surface area contributed by atoms with E-state index in [1.54, 1.807) is 13.2 Å². The van der Waals surface area contributed by atoms with Crippen LogP contribution in [0, 0.1) is 12.7 Å². The second-order valence-electron chi connectivity index (χ2n) is 4.78. The molecule has 4 heteroatoms. The molecule has 1 atom stereocenters. The molecule has 106 valence electrons. The van der Waals surface area contributed by atoms with Gasteiger partial charge in [0.2, 0.25) is 0 Å². The molecule has 0 aliphatic heterocycles. The van der Waals surface area contributed by atoms with E-state index in [0.717, 1.165) is 26.9 Å². The molecular weight excluding hydrogens is 321 g/mol. The molecular formula is C16H17BrFNO. The van der Waals surface area contributed by atoms with Crippen molar-refractivity contribution < 1.29 is 9.13 Å². The fraction of sp³-hybridized carbons (Fsp3) is 0.250. The molecule has 0 spiro atoms. The molecule has 0 aliphatic carbocycles. The van der Waals surface area contributed by atoms with E-state index >= 15 is 0 Å². The predicted octanol–water partition coefficient (Wildman–Crippen LogP) is 4.15. The van der Waals surface area contributed by atoms with Gasteiger partial charge in [-0.3, -0.25) is 0 Å². The minimum absolute atomic E-state index is 0.183. The number of methoxy groups -OCH3 is 1. The Morgan fingerprint density at radius 1 is 1.25 bits per heavy atom. The van der Waals surface area contributed by atoms with Gasteiger partial charge in [0.05, 0.1) is 7.11 Å². The van der Waals surface area contributed by atoms with Gasteiger partial charge in [0.15, 0.2) is 0 Å². The monoisotopic (exact) mass is 337 g/mol. The van der Waals surface area contributed by atoms with Crippen molar-refractivity contribution in [2.75, 3.05) is 7.11 Å². The number of halogens is 2. The number of ether oxygens (including phenoxy) is 1. The van der Waals surface area contributed by atoms with Crippen molar-refractivity contribution in [2.24, 2.45) is 5.73 Å². The van der Waals surface area contributed by atoms with Gasteiger partial charge < -0.3 is 10.5 Å². The summed E-state index contributed by atoms with van der Waals surface area (Å²) in [6, 6.07) is 10.3. The average Bonchev–Trinajstić information content (AvgIpc) is 2.42. The maximum absolute atomic E-state index is 13.3. The van der Waals surface area contributed by atoms with E-state index in [1.807, 2.05) is 25.1 Å². The van der Waals surface area contributed by atoms with Crippen LogP contribution in [0.4, 0.5) is 4.39 Å². The molecule has 0 amide bonds. The average molecular weight is 338 g/mol. The zero-order chi connectivity index (χ0) is 14.7. The predicted molar refractivity (Wildman–Crippen MR) is 82.5 cm³/mol. The highest BCUT2D eigenvalue weighted by atomic mass is 79.9. The van der Waals surface area contributed by atoms with Crippen LogP contribution in [0.5, 0.6) is 5.75 Å². The van der Waals surface area contributed by atoms with Crippen LogP contribution in [0.25, 0.3) is 0 Å². The highest BCUT2D eigenvalue weighted by Crippen LogP contribution is 2.26. The number of hydrogen-bond donors (Lipinski definition) is 1. The van der Waals surface area contributed by atoms with Gasteiger partial charge in [0, 0.05) is 10.5 Å². The van der Waals surface area contributed by atoms with Crippen LogP contribution in [-0.4, -0.2) is 7.11 Å². The molecule has 0 heterocycles. The van der Waals surface area contributed by atoms with Gasteiger partial charge in [0.25, 0.3) is 0 Å². The van der Waals surface area contributed by atoms with Crippen molar-refractivity contribution in [3.05, 3.63) is 63.4 Å². The van der Waals surface area contributed by atoms with E-state index in [1.165, 1.54) is 12.1 Å². The lowest BCUT2D eigenvalue weighted by Crippen LogP contribution is -2.14. The first-order valence-electron chi connectivity index (χ1n) is 6.35. The third-order valence-electron chi connectivity index (χ3n) is 3.29. The summed E-state index contributed by atoms with van der Waals surface area (Å²) in [5.41, 5.74) is 9.14. The summed E-state index contributed by atoms with van der Waals surface area (Å²) < 4.78 is 19.4. The normalized spacial score (nSPS) is 12.2. The second-order valence-corrected chi connectivity index (χ2v) is 5.63. The Kier molecular flexibility index (Phi) is 4.78. The number of nitrogens with two attached hydrogens (primary N) is 1. The molecule has 2 rings (SSSR count). The lowest BCUT2D eigenvalue weighted by molar-refractivity contribution is 0.411. The van der Waals surface area contributed by atoms with E-state index in [4.69, 9.17) is 10.5 Å².